The Balaban J connectivity index is 2.89. The number of hydrogen-bond acceptors (Lipinski definition) is 6. The third-order valence-electron chi connectivity index (χ3n) is 2.24. The van der Waals surface area contributed by atoms with Gasteiger partial charge >= 0.3 is 5.97 Å². The lowest BCUT2D eigenvalue weighted by Gasteiger charge is -2.11. The number of nitrogens with one attached hydrogen (secondary N) is 1. The first-order valence-electron chi connectivity index (χ1n) is 5.17. The first-order chi connectivity index (χ1) is 8.92. The predicted molar refractivity (Wildman–Crippen MR) is 64.4 cm³/mol. The molecule has 0 spiro atoms. The molecule has 0 saturated carbocycles. The Morgan fingerprint density at radius 2 is 2.16 bits per heavy atom. The third kappa shape index (κ3) is 3.75. The molecule has 0 saturated heterocycles. The van der Waals surface area contributed by atoms with Crippen LogP contribution in [0.25, 0.3) is 0 Å². The van der Waals surface area contributed by atoms with Crippen molar-refractivity contribution >= 4 is 16.0 Å². The molecule has 1 rings (SSSR count). The van der Waals surface area contributed by atoms with Gasteiger partial charge in [-0.25, -0.2) is 17.9 Å². The molecule has 0 aromatic heterocycles. The fourth-order valence-corrected chi connectivity index (χ4v) is 2.47. The summed E-state index contributed by atoms with van der Waals surface area (Å²) >= 11 is 0. The summed E-state index contributed by atoms with van der Waals surface area (Å²) in [6.07, 6.45) is -1.60. The first-order valence-corrected chi connectivity index (χ1v) is 6.65. The highest BCUT2D eigenvalue weighted by Gasteiger charge is 2.22. The number of ether oxygens (including phenoxy) is 1. The van der Waals surface area contributed by atoms with Gasteiger partial charge < -0.3 is 9.84 Å². The molecule has 19 heavy (non-hydrogen) atoms. The van der Waals surface area contributed by atoms with Crippen molar-refractivity contribution < 1.29 is 23.1 Å². The summed E-state index contributed by atoms with van der Waals surface area (Å²) in [6, 6.07) is 7.35. The lowest BCUT2D eigenvalue weighted by molar-refractivity contribution is -0.149. The number of nitrogens with zero attached hydrogens (tertiary/aromatic N) is 1. The number of carbonyl (C=O) groups excluding carboxylic acids is 1. The Morgan fingerprint density at radius 3 is 2.74 bits per heavy atom. The molecule has 1 aromatic rings. The smallest absolute Gasteiger partial charge is 0.336 e. The average molecular weight is 284 g/mol. The second kappa shape index (κ2) is 6.29. The van der Waals surface area contributed by atoms with Crippen molar-refractivity contribution in [1.29, 1.82) is 5.26 Å². The van der Waals surface area contributed by atoms with Crippen molar-refractivity contribution in [2.45, 2.75) is 11.0 Å². The van der Waals surface area contributed by atoms with Crippen molar-refractivity contribution in [2.24, 2.45) is 0 Å². The topological polar surface area (TPSA) is 116 Å². The highest BCUT2D eigenvalue weighted by molar-refractivity contribution is 7.89. The molecule has 1 aromatic carbocycles. The number of aliphatic hydroxyl groups excluding tert-OH is 1. The minimum atomic E-state index is -3.98. The van der Waals surface area contributed by atoms with E-state index in [1.54, 1.807) is 6.07 Å². The molecule has 1 unspecified atom stereocenters. The maximum Gasteiger partial charge on any atom is 0.336 e. The molecule has 0 bridgehead atoms. The number of benzene rings is 1. The fraction of sp³-hybridized carbons (Fsp3) is 0.273. The maximum absolute atomic E-state index is 11.9. The lowest BCUT2D eigenvalue weighted by atomic mass is 10.2. The molecule has 0 aliphatic rings. The van der Waals surface area contributed by atoms with E-state index in [9.17, 15) is 18.3 Å². The van der Waals surface area contributed by atoms with E-state index in [-0.39, 0.29) is 10.5 Å². The number of methoxy groups -OCH3 is 1. The van der Waals surface area contributed by atoms with E-state index in [2.05, 4.69) is 4.74 Å². The Morgan fingerprint density at radius 1 is 1.53 bits per heavy atom. The number of sulfonamides is 1. The standard InChI is InChI=1S/C11H12N2O5S/c1-18-11(15)9(14)7-13-19(16,17)10-5-3-2-4-8(10)6-12/h2-5,9,13-14H,7H2,1H3. The van der Waals surface area contributed by atoms with Crippen molar-refractivity contribution in [3.05, 3.63) is 29.8 Å². The van der Waals surface area contributed by atoms with Crippen molar-refractivity contribution in [1.82, 2.24) is 4.72 Å². The lowest BCUT2D eigenvalue weighted by Crippen LogP contribution is -2.37. The Labute approximate surface area is 110 Å². The predicted octanol–water partition coefficient (Wildman–Crippen LogP) is -0.630. The molecule has 0 heterocycles. The van der Waals surface area contributed by atoms with Crippen molar-refractivity contribution in [2.75, 3.05) is 13.7 Å². The van der Waals surface area contributed by atoms with Crippen LogP contribution in [-0.4, -0.2) is 39.3 Å². The molecule has 0 radical (unpaired) electrons. The van der Waals surface area contributed by atoms with Gasteiger partial charge in [-0.15, -0.1) is 0 Å². The second-order valence-corrected chi connectivity index (χ2v) is 5.23. The van der Waals surface area contributed by atoms with Gasteiger partial charge in [-0.1, -0.05) is 12.1 Å². The Kier molecular flexibility index (Phi) is 5.00. The molecule has 0 amide bonds. The number of esters is 1. The van der Waals surface area contributed by atoms with Crippen LogP contribution in [0.15, 0.2) is 29.2 Å². The van der Waals surface area contributed by atoms with Crippen LogP contribution in [-0.2, 0) is 19.6 Å². The van der Waals surface area contributed by atoms with Gasteiger partial charge in [0, 0.05) is 6.54 Å². The summed E-state index contributed by atoms with van der Waals surface area (Å²) in [6.45, 7) is -0.533. The monoisotopic (exact) mass is 284 g/mol. The second-order valence-electron chi connectivity index (χ2n) is 3.50. The van der Waals surface area contributed by atoms with Crippen molar-refractivity contribution in [3.63, 3.8) is 0 Å². The van der Waals surface area contributed by atoms with E-state index in [0.717, 1.165) is 7.11 Å². The molecule has 0 aliphatic carbocycles. The molecule has 0 fully saturated rings. The summed E-state index contributed by atoms with van der Waals surface area (Å²) in [5.41, 5.74) is -0.0254. The third-order valence-corrected chi connectivity index (χ3v) is 3.72. The molecule has 0 aliphatic heterocycles. The van der Waals surface area contributed by atoms with Crippen LogP contribution in [0.3, 0.4) is 0 Å². The van der Waals surface area contributed by atoms with Gasteiger partial charge in [0.15, 0.2) is 6.10 Å². The Bertz CT molecular complexity index is 606. The molecule has 7 nitrogen and oxygen atoms in total. The number of rotatable bonds is 5. The molecule has 1 atom stereocenters. The molecule has 102 valence electrons. The SMILES string of the molecule is COC(=O)C(O)CNS(=O)(=O)c1ccccc1C#N. The Hall–Kier alpha value is -1.95. The summed E-state index contributed by atoms with van der Waals surface area (Å²) < 4.78 is 30.1. The molecule has 8 heteroatoms. The van der Waals surface area contributed by atoms with Crippen LogP contribution >= 0.6 is 0 Å². The van der Waals surface area contributed by atoms with Gasteiger partial charge in [-0.3, -0.25) is 0 Å². The highest BCUT2D eigenvalue weighted by atomic mass is 32.2. The van der Waals surface area contributed by atoms with Crippen LogP contribution in [0.1, 0.15) is 5.56 Å². The summed E-state index contributed by atoms with van der Waals surface area (Å²) in [5, 5.41) is 18.1. The van der Waals surface area contributed by atoms with Crippen LogP contribution in [0.4, 0.5) is 0 Å². The van der Waals surface area contributed by atoms with Gasteiger partial charge in [0.2, 0.25) is 10.0 Å². The first kappa shape index (κ1) is 15.1. The summed E-state index contributed by atoms with van der Waals surface area (Å²) in [5.74, 6) is -0.948. The van der Waals surface area contributed by atoms with Crippen LogP contribution in [0.2, 0.25) is 0 Å². The largest absolute Gasteiger partial charge is 0.467 e. The number of hydrogen-bond donors (Lipinski definition) is 2. The van der Waals surface area contributed by atoms with E-state index < -0.39 is 28.6 Å². The maximum atomic E-state index is 11.9. The minimum absolute atomic E-state index is 0.0254. The van der Waals surface area contributed by atoms with Gasteiger partial charge in [0.25, 0.3) is 0 Å². The van der Waals surface area contributed by atoms with Crippen LogP contribution in [0.5, 0.6) is 0 Å². The van der Waals surface area contributed by atoms with E-state index in [4.69, 9.17) is 5.26 Å². The zero-order valence-corrected chi connectivity index (χ0v) is 10.8. The normalized spacial score (nSPS) is 12.5. The van der Waals surface area contributed by atoms with E-state index in [0.29, 0.717) is 0 Å². The number of carbonyl (C=O) groups is 1. The van der Waals surface area contributed by atoms with E-state index >= 15 is 0 Å². The van der Waals surface area contributed by atoms with Gasteiger partial charge in [-0.05, 0) is 12.1 Å². The van der Waals surface area contributed by atoms with Gasteiger partial charge in [0.05, 0.1) is 17.6 Å². The molecular weight excluding hydrogens is 272 g/mol. The number of aliphatic hydroxyl groups is 1. The fourth-order valence-electron chi connectivity index (χ4n) is 1.28. The van der Waals surface area contributed by atoms with Gasteiger partial charge in [-0.2, -0.15) is 5.26 Å². The van der Waals surface area contributed by atoms with Crippen LogP contribution < -0.4 is 4.72 Å². The van der Waals surface area contributed by atoms with E-state index in [1.165, 1.54) is 24.3 Å². The number of nitriles is 1. The van der Waals surface area contributed by atoms with Crippen molar-refractivity contribution in [3.8, 4) is 6.07 Å². The zero-order valence-electron chi connectivity index (χ0n) is 10.0. The van der Waals surface area contributed by atoms with Crippen LogP contribution in [0, 0.1) is 11.3 Å². The molecular formula is C11H12N2O5S. The van der Waals surface area contributed by atoms with E-state index in [1.807, 2.05) is 4.72 Å². The average Bonchev–Trinajstić information content (AvgIpc) is 2.43. The highest BCUT2D eigenvalue weighted by Crippen LogP contribution is 2.13. The summed E-state index contributed by atoms with van der Waals surface area (Å²) in [4.78, 5) is 10.7. The zero-order chi connectivity index (χ0) is 14.5. The van der Waals surface area contributed by atoms with Gasteiger partial charge in [0.1, 0.15) is 6.07 Å². The summed E-state index contributed by atoms with van der Waals surface area (Å²) in [7, 11) is -2.91. The quantitative estimate of drug-likeness (QED) is 0.695. The minimum Gasteiger partial charge on any atom is -0.467 e. The molecule has 2 N–H and O–H groups in total.